The first-order valence-corrected chi connectivity index (χ1v) is 9.19. The number of nitrogens with one attached hydrogen (secondary N) is 1. The molecule has 0 amide bonds. The third kappa shape index (κ3) is 3.04. The number of hydrogen-bond donors (Lipinski definition) is 1. The highest BCUT2D eigenvalue weighted by atomic mass is 16.5. The molecule has 0 spiro atoms. The van der Waals surface area contributed by atoms with Gasteiger partial charge in [0.15, 0.2) is 5.65 Å². The number of nitrogens with zero attached hydrogens (tertiary/aromatic N) is 6. The Balaban J connectivity index is 1.48. The second kappa shape index (κ2) is 6.59. The predicted octanol–water partition coefficient (Wildman–Crippen LogP) is 4.09. The summed E-state index contributed by atoms with van der Waals surface area (Å²) in [5.74, 6) is 1.89. The maximum absolute atomic E-state index is 6.02. The van der Waals surface area contributed by atoms with E-state index >= 15 is 0 Å². The number of ether oxygens (including phenoxy) is 1. The maximum atomic E-state index is 6.02. The average molecular weight is 385 g/mol. The van der Waals surface area contributed by atoms with Crippen LogP contribution in [0, 0.1) is 6.92 Å². The molecule has 0 aliphatic carbocycles. The number of benzene rings is 2. The van der Waals surface area contributed by atoms with E-state index in [-0.39, 0.29) is 0 Å². The summed E-state index contributed by atoms with van der Waals surface area (Å²) in [6.45, 7) is 2.07. The Morgan fingerprint density at radius 3 is 2.79 bits per heavy atom. The lowest BCUT2D eigenvalue weighted by molar-refractivity contribution is 0.468. The lowest BCUT2D eigenvalue weighted by Crippen LogP contribution is -1.99. The fourth-order valence-corrected chi connectivity index (χ4v) is 3.34. The second-order valence-electron chi connectivity index (χ2n) is 6.93. The van der Waals surface area contributed by atoms with Crippen molar-refractivity contribution < 1.29 is 4.74 Å². The average Bonchev–Trinajstić information content (AvgIpc) is 3.23. The molecule has 0 fully saturated rings. The van der Waals surface area contributed by atoms with Crippen molar-refractivity contribution >= 4 is 33.7 Å². The van der Waals surface area contributed by atoms with E-state index < -0.39 is 0 Å². The molecule has 8 heteroatoms. The lowest BCUT2D eigenvalue weighted by Gasteiger charge is -2.07. The van der Waals surface area contributed by atoms with Crippen molar-refractivity contribution in [1.82, 2.24) is 29.3 Å². The Morgan fingerprint density at radius 2 is 1.93 bits per heavy atom. The van der Waals surface area contributed by atoms with Crippen LogP contribution in [0.5, 0.6) is 11.6 Å². The largest absolute Gasteiger partial charge is 0.438 e. The van der Waals surface area contributed by atoms with Gasteiger partial charge < -0.3 is 14.6 Å². The Bertz CT molecular complexity index is 1350. The molecule has 0 unspecified atom stereocenters. The molecule has 144 valence electrons. The number of aromatic nitrogens is 6. The monoisotopic (exact) mass is 385 g/mol. The van der Waals surface area contributed by atoms with Crippen LogP contribution in [0.2, 0.25) is 0 Å². The van der Waals surface area contributed by atoms with Gasteiger partial charge in [-0.05, 0) is 36.8 Å². The molecule has 5 rings (SSSR count). The van der Waals surface area contributed by atoms with Crippen LogP contribution in [0.15, 0.2) is 55.0 Å². The topological polar surface area (TPSA) is 82.7 Å². The fourth-order valence-electron chi connectivity index (χ4n) is 3.34. The van der Waals surface area contributed by atoms with Gasteiger partial charge >= 0.3 is 0 Å². The Kier molecular flexibility index (Phi) is 3.90. The van der Waals surface area contributed by atoms with E-state index in [0.29, 0.717) is 11.6 Å². The van der Waals surface area contributed by atoms with Crippen molar-refractivity contribution in [3.05, 3.63) is 60.6 Å². The molecule has 5 aromatic rings. The van der Waals surface area contributed by atoms with Crippen LogP contribution in [-0.2, 0) is 14.1 Å². The van der Waals surface area contributed by atoms with Gasteiger partial charge in [0.25, 0.3) is 0 Å². The number of rotatable bonds is 4. The summed E-state index contributed by atoms with van der Waals surface area (Å²) in [6.07, 6.45) is 3.18. The molecular formula is C21H19N7O. The van der Waals surface area contributed by atoms with Gasteiger partial charge in [0.2, 0.25) is 11.8 Å². The number of fused-ring (bicyclic) bond motifs is 2. The molecule has 0 bridgehead atoms. The van der Waals surface area contributed by atoms with Crippen LogP contribution in [0.25, 0.3) is 22.1 Å². The van der Waals surface area contributed by atoms with Gasteiger partial charge in [-0.15, -0.1) is 0 Å². The summed E-state index contributed by atoms with van der Waals surface area (Å²) in [5, 5.41) is 8.36. The van der Waals surface area contributed by atoms with Crippen LogP contribution in [0.1, 0.15) is 5.56 Å². The highest BCUT2D eigenvalue weighted by Gasteiger charge is 2.13. The smallest absolute Gasteiger partial charge is 0.233 e. The van der Waals surface area contributed by atoms with Crippen molar-refractivity contribution in [1.29, 1.82) is 0 Å². The van der Waals surface area contributed by atoms with E-state index in [1.165, 1.54) is 11.9 Å². The minimum absolute atomic E-state index is 0.469. The quantitative estimate of drug-likeness (QED) is 0.502. The third-order valence-electron chi connectivity index (χ3n) is 4.83. The summed E-state index contributed by atoms with van der Waals surface area (Å²) in [4.78, 5) is 13.2. The van der Waals surface area contributed by atoms with Gasteiger partial charge in [0.05, 0.1) is 17.2 Å². The first kappa shape index (κ1) is 17.2. The summed E-state index contributed by atoms with van der Waals surface area (Å²) in [5.41, 5.74) is 4.74. The number of aryl methyl sites for hydroxylation is 3. The number of imidazole rings is 1. The van der Waals surface area contributed by atoms with E-state index in [2.05, 4.69) is 39.4 Å². The third-order valence-corrected chi connectivity index (χ3v) is 4.83. The molecular weight excluding hydrogens is 366 g/mol. The Morgan fingerprint density at radius 1 is 1.03 bits per heavy atom. The van der Waals surface area contributed by atoms with Crippen molar-refractivity contribution in [2.75, 3.05) is 5.32 Å². The number of anilines is 2. The predicted molar refractivity (Wildman–Crippen MR) is 112 cm³/mol. The van der Waals surface area contributed by atoms with E-state index in [1.807, 2.05) is 49.0 Å². The van der Waals surface area contributed by atoms with Crippen molar-refractivity contribution in [2.24, 2.45) is 14.1 Å². The molecule has 0 aliphatic heterocycles. The molecule has 29 heavy (non-hydrogen) atoms. The van der Waals surface area contributed by atoms with Crippen LogP contribution < -0.4 is 10.1 Å². The SMILES string of the molecule is Cc1cccc(Nc2nc3cc(Oc4ncnc5c4cnn5C)ccc3n2C)c1. The van der Waals surface area contributed by atoms with Crippen LogP contribution in [0.3, 0.4) is 0 Å². The maximum Gasteiger partial charge on any atom is 0.233 e. The lowest BCUT2D eigenvalue weighted by atomic mass is 10.2. The van der Waals surface area contributed by atoms with Gasteiger partial charge in [-0.2, -0.15) is 5.10 Å². The fraction of sp³-hybridized carbons (Fsp3) is 0.143. The summed E-state index contributed by atoms with van der Waals surface area (Å²) >= 11 is 0. The minimum atomic E-state index is 0.469. The summed E-state index contributed by atoms with van der Waals surface area (Å²) in [6, 6.07) is 14.0. The first-order chi connectivity index (χ1) is 14.1. The normalized spacial score (nSPS) is 11.3. The molecule has 0 aliphatic rings. The van der Waals surface area contributed by atoms with E-state index in [1.54, 1.807) is 10.9 Å². The Labute approximate surface area is 166 Å². The highest BCUT2D eigenvalue weighted by Crippen LogP contribution is 2.30. The van der Waals surface area contributed by atoms with E-state index in [4.69, 9.17) is 9.72 Å². The second-order valence-corrected chi connectivity index (χ2v) is 6.93. The van der Waals surface area contributed by atoms with Crippen LogP contribution in [-0.4, -0.2) is 29.3 Å². The van der Waals surface area contributed by atoms with Crippen LogP contribution in [0.4, 0.5) is 11.6 Å². The molecule has 0 saturated heterocycles. The van der Waals surface area contributed by atoms with Gasteiger partial charge in [-0.1, -0.05) is 12.1 Å². The Hall–Kier alpha value is -3.94. The van der Waals surface area contributed by atoms with Gasteiger partial charge in [-0.3, -0.25) is 4.68 Å². The summed E-state index contributed by atoms with van der Waals surface area (Å²) in [7, 11) is 3.82. The van der Waals surface area contributed by atoms with E-state index in [0.717, 1.165) is 33.7 Å². The zero-order valence-electron chi connectivity index (χ0n) is 16.3. The molecule has 1 N–H and O–H groups in total. The minimum Gasteiger partial charge on any atom is -0.438 e. The molecule has 0 radical (unpaired) electrons. The van der Waals surface area contributed by atoms with Gasteiger partial charge in [-0.25, -0.2) is 15.0 Å². The standard InChI is InChI=1S/C21H19N7O/c1-13-5-4-6-14(9-13)25-21-26-17-10-15(7-8-18(17)27(21)2)29-20-16-11-24-28(3)19(16)22-12-23-20/h4-12H,1-3H3,(H,25,26). The van der Waals surface area contributed by atoms with E-state index in [9.17, 15) is 0 Å². The highest BCUT2D eigenvalue weighted by molar-refractivity contribution is 5.82. The van der Waals surface area contributed by atoms with Gasteiger partial charge in [0.1, 0.15) is 17.5 Å². The molecule has 8 nitrogen and oxygen atoms in total. The molecule has 0 saturated carbocycles. The van der Waals surface area contributed by atoms with Crippen molar-refractivity contribution in [3.63, 3.8) is 0 Å². The first-order valence-electron chi connectivity index (χ1n) is 9.19. The van der Waals surface area contributed by atoms with Gasteiger partial charge in [0, 0.05) is 25.8 Å². The summed E-state index contributed by atoms with van der Waals surface area (Å²) < 4.78 is 9.73. The number of hydrogen-bond acceptors (Lipinski definition) is 6. The molecule has 3 heterocycles. The molecule has 2 aromatic carbocycles. The molecule has 3 aromatic heterocycles. The van der Waals surface area contributed by atoms with Crippen LogP contribution >= 0.6 is 0 Å². The van der Waals surface area contributed by atoms with Crippen molar-refractivity contribution in [3.8, 4) is 11.6 Å². The zero-order chi connectivity index (χ0) is 20.0. The molecule has 0 atom stereocenters. The zero-order valence-corrected chi connectivity index (χ0v) is 16.3. The van der Waals surface area contributed by atoms with Crippen molar-refractivity contribution in [2.45, 2.75) is 6.92 Å².